The highest BCUT2D eigenvalue weighted by Crippen LogP contribution is 2.35. The zero-order valence-corrected chi connectivity index (χ0v) is 12.8. The number of Topliss-reactive ketones (excluding diaryl/α,β-unsaturated/α-hetero) is 1. The van der Waals surface area contributed by atoms with Gasteiger partial charge in [-0.2, -0.15) is 0 Å². The molecule has 5 heteroatoms. The predicted molar refractivity (Wildman–Crippen MR) is 89.1 cm³/mol. The first-order valence-electron chi connectivity index (χ1n) is 7.54. The predicted octanol–water partition coefficient (Wildman–Crippen LogP) is 2.58. The van der Waals surface area contributed by atoms with Gasteiger partial charge < -0.3 is 14.6 Å². The monoisotopic (exact) mass is 324 g/mol. The van der Waals surface area contributed by atoms with E-state index in [9.17, 15) is 14.7 Å². The second kappa shape index (κ2) is 6.68. The van der Waals surface area contributed by atoms with Gasteiger partial charge >= 0.3 is 5.63 Å². The van der Waals surface area contributed by atoms with Crippen LogP contribution in [0.3, 0.4) is 0 Å². The normalized spacial score (nSPS) is 12.2. The van der Waals surface area contributed by atoms with E-state index in [2.05, 4.69) is 0 Å². The minimum absolute atomic E-state index is 0.0294. The number of aromatic hydroxyl groups is 1. The summed E-state index contributed by atoms with van der Waals surface area (Å²) in [6, 6.07) is 15.6. The largest absolute Gasteiger partial charge is 0.507 e. The van der Waals surface area contributed by atoms with Gasteiger partial charge in [0.2, 0.25) is 0 Å². The van der Waals surface area contributed by atoms with Crippen LogP contribution in [0.5, 0.6) is 5.75 Å². The molecule has 1 atom stereocenters. The Kier molecular flexibility index (Phi) is 4.44. The van der Waals surface area contributed by atoms with E-state index in [4.69, 9.17) is 9.52 Å². The zero-order valence-electron chi connectivity index (χ0n) is 12.8. The third-order valence-corrected chi connectivity index (χ3v) is 3.98. The number of aliphatic hydroxyl groups is 1. The Balaban J connectivity index is 2.23. The summed E-state index contributed by atoms with van der Waals surface area (Å²) < 4.78 is 5.30. The van der Waals surface area contributed by atoms with Crippen molar-refractivity contribution < 1.29 is 19.4 Å². The lowest BCUT2D eigenvalue weighted by atomic mass is 9.87. The summed E-state index contributed by atoms with van der Waals surface area (Å²) in [5.41, 5.74) is 0.314. The molecule has 3 aromatic rings. The molecule has 1 heterocycles. The maximum atomic E-state index is 12.4. The average molecular weight is 324 g/mol. The van der Waals surface area contributed by atoms with Crippen molar-refractivity contribution in [1.29, 1.82) is 0 Å². The van der Waals surface area contributed by atoms with Gasteiger partial charge in [-0.05, 0) is 17.7 Å². The number of hydrogen-bond donors (Lipinski definition) is 2. The molecule has 0 spiro atoms. The number of carbonyl (C=O) groups excluding carboxylic acids is 1. The van der Waals surface area contributed by atoms with Gasteiger partial charge in [0.05, 0.1) is 10.9 Å². The number of rotatable bonds is 5. The molecule has 2 N–H and O–H groups in total. The Hall–Kier alpha value is -2.92. The molecular formula is C19H16O5. The van der Waals surface area contributed by atoms with E-state index in [1.165, 1.54) is 0 Å². The fourth-order valence-electron chi connectivity index (χ4n) is 2.82. The number of benzene rings is 2. The fourth-order valence-corrected chi connectivity index (χ4v) is 2.82. The Morgan fingerprint density at radius 2 is 1.71 bits per heavy atom. The van der Waals surface area contributed by atoms with Gasteiger partial charge in [-0.15, -0.1) is 0 Å². The highest BCUT2D eigenvalue weighted by molar-refractivity contribution is 5.85. The molecule has 0 fully saturated rings. The fraction of sp³-hybridized carbons (Fsp3) is 0.158. The first-order valence-corrected chi connectivity index (χ1v) is 7.54. The van der Waals surface area contributed by atoms with Gasteiger partial charge in [-0.25, -0.2) is 4.79 Å². The highest BCUT2D eigenvalue weighted by Gasteiger charge is 2.26. The van der Waals surface area contributed by atoms with E-state index >= 15 is 0 Å². The highest BCUT2D eigenvalue weighted by atomic mass is 16.4. The Morgan fingerprint density at radius 1 is 1.04 bits per heavy atom. The van der Waals surface area contributed by atoms with E-state index < -0.39 is 23.9 Å². The van der Waals surface area contributed by atoms with Gasteiger partial charge in [-0.3, -0.25) is 4.79 Å². The molecule has 5 nitrogen and oxygen atoms in total. The summed E-state index contributed by atoms with van der Waals surface area (Å²) in [4.78, 5) is 24.2. The molecule has 24 heavy (non-hydrogen) atoms. The molecule has 0 aliphatic rings. The average Bonchev–Trinajstić information content (AvgIpc) is 2.61. The minimum atomic E-state index is -0.689. The third kappa shape index (κ3) is 2.94. The van der Waals surface area contributed by atoms with E-state index in [-0.39, 0.29) is 23.3 Å². The van der Waals surface area contributed by atoms with E-state index in [0.29, 0.717) is 10.9 Å². The number of carbonyl (C=O) groups is 1. The van der Waals surface area contributed by atoms with E-state index in [1.54, 1.807) is 48.5 Å². The zero-order chi connectivity index (χ0) is 17.1. The van der Waals surface area contributed by atoms with Crippen LogP contribution in [-0.4, -0.2) is 22.6 Å². The molecule has 122 valence electrons. The Bertz CT molecular complexity index is 927. The lowest BCUT2D eigenvalue weighted by Crippen LogP contribution is -2.18. The molecule has 0 aliphatic heterocycles. The lowest BCUT2D eigenvalue weighted by molar-refractivity contribution is -0.121. The minimum Gasteiger partial charge on any atom is -0.507 e. The molecule has 0 radical (unpaired) electrons. The number of fused-ring (bicyclic) bond motifs is 1. The van der Waals surface area contributed by atoms with Crippen LogP contribution in [0.25, 0.3) is 11.0 Å². The van der Waals surface area contributed by atoms with E-state index in [1.807, 2.05) is 6.07 Å². The van der Waals surface area contributed by atoms with Crippen molar-refractivity contribution >= 4 is 16.8 Å². The summed E-state index contributed by atoms with van der Waals surface area (Å²) in [5, 5.41) is 20.1. The van der Waals surface area contributed by atoms with Crippen LogP contribution in [0.15, 0.2) is 63.8 Å². The van der Waals surface area contributed by atoms with Gasteiger partial charge in [-0.1, -0.05) is 42.5 Å². The molecule has 0 amide bonds. The smallest absolute Gasteiger partial charge is 0.343 e. The van der Waals surface area contributed by atoms with Gasteiger partial charge in [0, 0.05) is 12.3 Å². The summed E-state index contributed by atoms with van der Waals surface area (Å²) in [7, 11) is 0. The van der Waals surface area contributed by atoms with Crippen molar-refractivity contribution in [3.05, 3.63) is 76.1 Å². The number of para-hydroxylation sites is 1. The molecule has 0 aliphatic carbocycles. The number of aliphatic hydroxyl groups excluding tert-OH is 1. The maximum Gasteiger partial charge on any atom is 0.343 e. The van der Waals surface area contributed by atoms with Crippen LogP contribution < -0.4 is 5.63 Å². The van der Waals surface area contributed by atoms with E-state index in [0.717, 1.165) is 0 Å². The molecular weight excluding hydrogens is 308 g/mol. The van der Waals surface area contributed by atoms with Crippen LogP contribution in [-0.2, 0) is 4.79 Å². The van der Waals surface area contributed by atoms with Gasteiger partial charge in [0.1, 0.15) is 17.9 Å². The van der Waals surface area contributed by atoms with Gasteiger partial charge in [0.15, 0.2) is 5.78 Å². The maximum absolute atomic E-state index is 12.4. The first kappa shape index (κ1) is 16.0. The second-order valence-electron chi connectivity index (χ2n) is 5.51. The van der Waals surface area contributed by atoms with Crippen LogP contribution in [0.2, 0.25) is 0 Å². The first-order chi connectivity index (χ1) is 11.6. The quantitative estimate of drug-likeness (QED) is 0.704. The second-order valence-corrected chi connectivity index (χ2v) is 5.51. The van der Waals surface area contributed by atoms with Crippen LogP contribution in [0, 0.1) is 0 Å². The summed E-state index contributed by atoms with van der Waals surface area (Å²) in [6.45, 7) is -0.622. The Morgan fingerprint density at radius 3 is 2.42 bits per heavy atom. The molecule has 0 saturated heterocycles. The van der Waals surface area contributed by atoms with Gasteiger partial charge in [0.25, 0.3) is 0 Å². The molecule has 0 bridgehead atoms. The molecule has 2 aromatic carbocycles. The number of hydrogen-bond acceptors (Lipinski definition) is 5. The third-order valence-electron chi connectivity index (χ3n) is 3.98. The summed E-state index contributed by atoms with van der Waals surface area (Å²) in [5.74, 6) is -1.30. The molecule has 1 unspecified atom stereocenters. The topological polar surface area (TPSA) is 87.7 Å². The Labute approximate surface area is 137 Å². The van der Waals surface area contributed by atoms with Crippen molar-refractivity contribution in [2.75, 3.05) is 6.61 Å². The van der Waals surface area contributed by atoms with Crippen molar-refractivity contribution in [3.63, 3.8) is 0 Å². The van der Waals surface area contributed by atoms with Crippen LogP contribution in [0.1, 0.15) is 23.5 Å². The van der Waals surface area contributed by atoms with Crippen molar-refractivity contribution in [2.24, 2.45) is 0 Å². The lowest BCUT2D eigenvalue weighted by Gasteiger charge is -2.17. The molecule has 3 rings (SSSR count). The van der Waals surface area contributed by atoms with Crippen molar-refractivity contribution in [3.8, 4) is 5.75 Å². The molecule has 0 saturated carbocycles. The number of ketones is 1. The standard InChI is InChI=1S/C19H16O5/c20-11-13(21)10-15(12-6-2-1-3-7-12)17-18(22)14-8-4-5-9-16(14)24-19(17)23/h1-9,15,20,22H,10-11H2. The van der Waals surface area contributed by atoms with Crippen molar-refractivity contribution in [1.82, 2.24) is 0 Å². The molecule has 1 aromatic heterocycles. The van der Waals surface area contributed by atoms with Crippen molar-refractivity contribution in [2.45, 2.75) is 12.3 Å². The summed E-state index contributed by atoms with van der Waals surface area (Å²) >= 11 is 0. The SMILES string of the molecule is O=C(CO)CC(c1ccccc1)c1c(O)c2ccccc2oc1=O. The van der Waals surface area contributed by atoms with Crippen LogP contribution >= 0.6 is 0 Å². The van der Waals surface area contributed by atoms with Crippen LogP contribution in [0.4, 0.5) is 0 Å². The summed E-state index contributed by atoms with van der Waals surface area (Å²) in [6.07, 6.45) is -0.100.